The molecule has 3 nitrogen and oxygen atoms in total. The Balaban J connectivity index is 0.000000631. The molecule has 0 saturated carbocycles. The van der Waals surface area contributed by atoms with E-state index in [1.165, 1.54) is 44.2 Å². The largest absolute Gasteiger partial charge is 0.481 e. The van der Waals surface area contributed by atoms with E-state index in [0.29, 0.717) is 0 Å². The molecule has 0 saturated heterocycles. The summed E-state index contributed by atoms with van der Waals surface area (Å²) < 4.78 is 0. The van der Waals surface area contributed by atoms with E-state index in [0.717, 1.165) is 13.3 Å². The Bertz CT molecular complexity index is 295. The van der Waals surface area contributed by atoms with Crippen LogP contribution in [0.2, 0.25) is 0 Å². The van der Waals surface area contributed by atoms with Crippen LogP contribution in [-0.2, 0) is 11.2 Å². The van der Waals surface area contributed by atoms with Gasteiger partial charge in [0, 0.05) is 18.8 Å². The van der Waals surface area contributed by atoms with Gasteiger partial charge in [0.15, 0.2) is 0 Å². The number of hydrogen-bond donors (Lipinski definition) is 1. The molecule has 18 heavy (non-hydrogen) atoms. The number of carbonyl (C=O) groups is 1. The molecule has 0 aliphatic carbocycles. The van der Waals surface area contributed by atoms with E-state index in [2.05, 4.69) is 24.0 Å². The van der Waals surface area contributed by atoms with Crippen molar-refractivity contribution < 1.29 is 9.90 Å². The van der Waals surface area contributed by atoms with Crippen LogP contribution in [0.1, 0.15) is 58.1 Å². The topological polar surface area (TPSA) is 50.2 Å². The highest BCUT2D eigenvalue weighted by Crippen LogP contribution is 2.07. The van der Waals surface area contributed by atoms with Gasteiger partial charge in [-0.1, -0.05) is 45.1 Å². The second-order valence-electron chi connectivity index (χ2n) is 4.36. The van der Waals surface area contributed by atoms with Crippen LogP contribution in [0, 0.1) is 0 Å². The van der Waals surface area contributed by atoms with E-state index >= 15 is 0 Å². The van der Waals surface area contributed by atoms with Crippen molar-refractivity contribution >= 4 is 5.97 Å². The molecule has 3 heteroatoms. The molecule has 0 aliphatic rings. The quantitative estimate of drug-likeness (QED) is 0.743. The van der Waals surface area contributed by atoms with Crippen molar-refractivity contribution in [2.75, 3.05) is 0 Å². The molecule has 1 heterocycles. The van der Waals surface area contributed by atoms with Gasteiger partial charge in [0.1, 0.15) is 0 Å². The Kier molecular flexibility index (Phi) is 11.2. The van der Waals surface area contributed by atoms with Crippen LogP contribution in [0.4, 0.5) is 0 Å². The first-order valence-corrected chi connectivity index (χ1v) is 6.76. The third-order valence-electron chi connectivity index (χ3n) is 2.51. The molecule has 0 radical (unpaired) electrons. The van der Waals surface area contributed by atoms with E-state index in [9.17, 15) is 0 Å². The summed E-state index contributed by atoms with van der Waals surface area (Å²) in [5.74, 6) is -0.833. The van der Waals surface area contributed by atoms with E-state index in [-0.39, 0.29) is 0 Å². The summed E-state index contributed by atoms with van der Waals surface area (Å²) >= 11 is 0. The Labute approximate surface area is 110 Å². The van der Waals surface area contributed by atoms with E-state index in [1.54, 1.807) is 0 Å². The van der Waals surface area contributed by atoms with Crippen LogP contribution in [-0.4, -0.2) is 16.1 Å². The first-order chi connectivity index (χ1) is 8.66. The Hall–Kier alpha value is -1.38. The molecule has 0 fully saturated rings. The summed E-state index contributed by atoms with van der Waals surface area (Å²) in [6.07, 6.45) is 11.2. The molecule has 0 bridgehead atoms. The summed E-state index contributed by atoms with van der Waals surface area (Å²) in [6, 6.07) is 6.16. The van der Waals surface area contributed by atoms with Crippen LogP contribution < -0.4 is 0 Å². The standard InChI is InChI=1S/C13H21N.C2H4O2/c1-2-3-4-5-6-7-10-13-11-8-9-12-14-13;1-2(3)4/h8-9,11-12H,2-7,10H2,1H3;1H3,(H,3,4). The molecule has 0 unspecified atom stereocenters. The Morgan fingerprint density at radius 2 is 1.78 bits per heavy atom. The molecule has 0 spiro atoms. The summed E-state index contributed by atoms with van der Waals surface area (Å²) in [6.45, 7) is 3.34. The highest BCUT2D eigenvalue weighted by molar-refractivity contribution is 5.62. The maximum absolute atomic E-state index is 9.00. The van der Waals surface area contributed by atoms with Gasteiger partial charge in [-0.3, -0.25) is 9.78 Å². The number of carboxylic acid groups (broad SMARTS) is 1. The summed E-state index contributed by atoms with van der Waals surface area (Å²) in [7, 11) is 0. The van der Waals surface area contributed by atoms with Crippen molar-refractivity contribution in [2.45, 2.75) is 58.8 Å². The number of rotatable bonds is 7. The minimum absolute atomic E-state index is 0.833. The Morgan fingerprint density at radius 1 is 1.17 bits per heavy atom. The fourth-order valence-corrected chi connectivity index (χ4v) is 1.63. The van der Waals surface area contributed by atoms with Gasteiger partial charge in [-0.05, 0) is 25.0 Å². The number of aliphatic carboxylic acids is 1. The third-order valence-corrected chi connectivity index (χ3v) is 2.51. The maximum atomic E-state index is 9.00. The summed E-state index contributed by atoms with van der Waals surface area (Å²) in [5, 5.41) is 7.42. The molecule has 0 aromatic carbocycles. The van der Waals surface area contributed by atoms with Gasteiger partial charge in [-0.15, -0.1) is 0 Å². The number of hydrogen-bond acceptors (Lipinski definition) is 2. The van der Waals surface area contributed by atoms with Gasteiger partial charge in [0.05, 0.1) is 0 Å². The second-order valence-corrected chi connectivity index (χ2v) is 4.36. The number of aryl methyl sites for hydroxylation is 1. The molecule has 0 atom stereocenters. The van der Waals surface area contributed by atoms with Gasteiger partial charge in [-0.25, -0.2) is 0 Å². The first kappa shape index (κ1) is 16.6. The number of nitrogens with zero attached hydrogens (tertiary/aromatic N) is 1. The lowest BCUT2D eigenvalue weighted by Gasteiger charge is -2.00. The minimum atomic E-state index is -0.833. The molecular formula is C15H25NO2. The molecule has 1 aromatic heterocycles. The number of aromatic nitrogens is 1. The zero-order chi connectivity index (χ0) is 13.6. The molecular weight excluding hydrogens is 226 g/mol. The number of carboxylic acids is 1. The zero-order valence-corrected chi connectivity index (χ0v) is 11.6. The smallest absolute Gasteiger partial charge is 0.300 e. The predicted molar refractivity (Wildman–Crippen MR) is 74.6 cm³/mol. The van der Waals surface area contributed by atoms with Crippen LogP contribution in [0.3, 0.4) is 0 Å². The average molecular weight is 251 g/mol. The number of pyridine rings is 1. The minimum Gasteiger partial charge on any atom is -0.481 e. The maximum Gasteiger partial charge on any atom is 0.300 e. The fraction of sp³-hybridized carbons (Fsp3) is 0.600. The van der Waals surface area contributed by atoms with Gasteiger partial charge >= 0.3 is 0 Å². The van der Waals surface area contributed by atoms with Crippen molar-refractivity contribution in [3.8, 4) is 0 Å². The van der Waals surface area contributed by atoms with Crippen LogP contribution in [0.25, 0.3) is 0 Å². The van der Waals surface area contributed by atoms with Gasteiger partial charge in [-0.2, -0.15) is 0 Å². The van der Waals surface area contributed by atoms with Crippen molar-refractivity contribution in [2.24, 2.45) is 0 Å². The Morgan fingerprint density at radius 3 is 2.33 bits per heavy atom. The molecule has 1 rings (SSSR count). The van der Waals surface area contributed by atoms with Crippen molar-refractivity contribution in [3.63, 3.8) is 0 Å². The van der Waals surface area contributed by atoms with Gasteiger partial charge in [0.2, 0.25) is 0 Å². The van der Waals surface area contributed by atoms with Crippen LogP contribution >= 0.6 is 0 Å². The fourth-order valence-electron chi connectivity index (χ4n) is 1.63. The van der Waals surface area contributed by atoms with E-state index in [1.807, 2.05) is 12.3 Å². The second kappa shape index (κ2) is 12.1. The monoisotopic (exact) mass is 251 g/mol. The molecule has 1 aromatic rings. The number of unbranched alkanes of at least 4 members (excludes halogenated alkanes) is 5. The lowest BCUT2D eigenvalue weighted by Crippen LogP contribution is -1.88. The van der Waals surface area contributed by atoms with Crippen LogP contribution in [0.5, 0.6) is 0 Å². The highest BCUT2D eigenvalue weighted by Gasteiger charge is 1.93. The molecule has 0 aliphatic heterocycles. The van der Waals surface area contributed by atoms with E-state index < -0.39 is 5.97 Å². The molecule has 1 N–H and O–H groups in total. The SMILES string of the molecule is CC(=O)O.CCCCCCCCc1ccccn1. The normalized spacial score (nSPS) is 9.44. The lowest BCUT2D eigenvalue weighted by molar-refractivity contribution is -0.134. The van der Waals surface area contributed by atoms with Gasteiger partial charge in [0.25, 0.3) is 5.97 Å². The lowest BCUT2D eigenvalue weighted by atomic mass is 10.1. The van der Waals surface area contributed by atoms with Crippen LogP contribution in [0.15, 0.2) is 24.4 Å². The predicted octanol–water partition coefficient (Wildman–Crippen LogP) is 4.08. The molecule has 0 amide bonds. The third kappa shape index (κ3) is 12.7. The summed E-state index contributed by atoms with van der Waals surface area (Å²) in [4.78, 5) is 13.3. The van der Waals surface area contributed by atoms with E-state index in [4.69, 9.17) is 9.90 Å². The van der Waals surface area contributed by atoms with Gasteiger partial charge < -0.3 is 5.11 Å². The summed E-state index contributed by atoms with van der Waals surface area (Å²) in [5.41, 5.74) is 1.24. The molecule has 102 valence electrons. The van der Waals surface area contributed by atoms with Crippen molar-refractivity contribution in [1.29, 1.82) is 0 Å². The average Bonchev–Trinajstić information content (AvgIpc) is 2.34. The van der Waals surface area contributed by atoms with Crippen molar-refractivity contribution in [3.05, 3.63) is 30.1 Å². The highest BCUT2D eigenvalue weighted by atomic mass is 16.4. The van der Waals surface area contributed by atoms with Crippen molar-refractivity contribution in [1.82, 2.24) is 4.98 Å². The zero-order valence-electron chi connectivity index (χ0n) is 11.6. The first-order valence-electron chi connectivity index (χ1n) is 6.76.